The Labute approximate surface area is 99.0 Å². The number of carbonyl (C=O) groups is 1. The number of aryl methyl sites for hydroxylation is 1. The smallest absolute Gasteiger partial charge is 0.238 e. The van der Waals surface area contributed by atoms with E-state index in [9.17, 15) is 4.79 Å². The highest BCUT2D eigenvalue weighted by molar-refractivity contribution is 7.99. The largest absolute Gasteiger partial charge is 0.351 e. The fraction of sp³-hybridized carbons (Fsp3) is 0.600. The van der Waals surface area contributed by atoms with E-state index in [0.717, 1.165) is 22.9 Å². The van der Waals surface area contributed by atoms with Crippen LogP contribution in [0.25, 0.3) is 0 Å². The van der Waals surface area contributed by atoms with Crippen LogP contribution in [-0.2, 0) is 18.4 Å². The van der Waals surface area contributed by atoms with E-state index in [1.807, 2.05) is 18.7 Å². The summed E-state index contributed by atoms with van der Waals surface area (Å²) in [7, 11) is 1.90. The van der Waals surface area contributed by atoms with E-state index < -0.39 is 0 Å². The SMILES string of the molecule is Cc1c(CNC(=O)C2CSCN2)cnn1C. The molecule has 0 spiro atoms. The van der Waals surface area contributed by atoms with E-state index in [1.165, 1.54) is 0 Å². The topological polar surface area (TPSA) is 59.0 Å². The molecule has 5 nitrogen and oxygen atoms in total. The summed E-state index contributed by atoms with van der Waals surface area (Å²) in [5, 5.41) is 10.2. The number of rotatable bonds is 3. The molecule has 0 radical (unpaired) electrons. The third kappa shape index (κ3) is 2.38. The molecule has 1 amide bonds. The van der Waals surface area contributed by atoms with Gasteiger partial charge in [-0.3, -0.25) is 14.8 Å². The molecule has 0 aliphatic carbocycles. The van der Waals surface area contributed by atoms with Crippen molar-refractivity contribution in [1.29, 1.82) is 0 Å². The lowest BCUT2D eigenvalue weighted by Crippen LogP contribution is -2.41. The maximum absolute atomic E-state index is 11.7. The van der Waals surface area contributed by atoms with Crippen molar-refractivity contribution in [3.05, 3.63) is 17.5 Å². The van der Waals surface area contributed by atoms with Crippen molar-refractivity contribution in [2.75, 3.05) is 11.6 Å². The van der Waals surface area contributed by atoms with E-state index >= 15 is 0 Å². The van der Waals surface area contributed by atoms with Crippen LogP contribution < -0.4 is 10.6 Å². The van der Waals surface area contributed by atoms with E-state index in [2.05, 4.69) is 15.7 Å². The Hall–Kier alpha value is -1.01. The van der Waals surface area contributed by atoms with Crippen molar-refractivity contribution in [3.63, 3.8) is 0 Å². The Morgan fingerprint density at radius 3 is 3.19 bits per heavy atom. The van der Waals surface area contributed by atoms with Crippen molar-refractivity contribution in [3.8, 4) is 0 Å². The lowest BCUT2D eigenvalue weighted by atomic mass is 10.2. The minimum absolute atomic E-state index is 0.0398. The second kappa shape index (κ2) is 4.88. The second-order valence-electron chi connectivity index (χ2n) is 3.87. The van der Waals surface area contributed by atoms with Gasteiger partial charge in [-0.25, -0.2) is 0 Å². The first-order chi connectivity index (χ1) is 7.68. The lowest BCUT2D eigenvalue weighted by Gasteiger charge is -2.10. The summed E-state index contributed by atoms with van der Waals surface area (Å²) in [4.78, 5) is 11.7. The molecule has 1 unspecified atom stereocenters. The molecule has 88 valence electrons. The summed E-state index contributed by atoms with van der Waals surface area (Å²) >= 11 is 1.75. The van der Waals surface area contributed by atoms with Gasteiger partial charge in [0.1, 0.15) is 0 Å². The average Bonchev–Trinajstić information content (AvgIpc) is 2.89. The number of nitrogens with zero attached hydrogens (tertiary/aromatic N) is 2. The van der Waals surface area contributed by atoms with Crippen molar-refractivity contribution in [2.24, 2.45) is 7.05 Å². The highest BCUT2D eigenvalue weighted by Gasteiger charge is 2.22. The first-order valence-corrected chi connectivity index (χ1v) is 6.40. The molecular weight excluding hydrogens is 224 g/mol. The predicted molar refractivity (Wildman–Crippen MR) is 64.0 cm³/mol. The number of carbonyl (C=O) groups excluding carboxylic acids is 1. The van der Waals surface area contributed by atoms with Gasteiger partial charge in [-0.1, -0.05) is 0 Å². The average molecular weight is 240 g/mol. The zero-order chi connectivity index (χ0) is 11.5. The number of amides is 1. The maximum atomic E-state index is 11.7. The van der Waals surface area contributed by atoms with E-state index in [0.29, 0.717) is 6.54 Å². The molecule has 0 aromatic carbocycles. The molecule has 1 aliphatic rings. The molecule has 6 heteroatoms. The predicted octanol–water partition coefficient (Wildman–Crippen LogP) is 0.00722. The van der Waals surface area contributed by atoms with Gasteiger partial charge in [0, 0.05) is 36.5 Å². The monoisotopic (exact) mass is 240 g/mol. The van der Waals surface area contributed by atoms with E-state index in [1.54, 1.807) is 18.0 Å². The zero-order valence-corrected chi connectivity index (χ0v) is 10.3. The molecule has 2 N–H and O–H groups in total. The summed E-state index contributed by atoms with van der Waals surface area (Å²) in [6.07, 6.45) is 1.80. The van der Waals surface area contributed by atoms with Crippen molar-refractivity contribution < 1.29 is 4.79 Å². The van der Waals surface area contributed by atoms with Crippen LogP contribution in [0.1, 0.15) is 11.3 Å². The summed E-state index contributed by atoms with van der Waals surface area (Å²) in [5.74, 6) is 1.80. The van der Waals surface area contributed by atoms with Crippen LogP contribution in [0.4, 0.5) is 0 Å². The van der Waals surface area contributed by atoms with Crippen molar-refractivity contribution in [1.82, 2.24) is 20.4 Å². The molecule has 1 fully saturated rings. The van der Waals surface area contributed by atoms with Gasteiger partial charge >= 0.3 is 0 Å². The highest BCUT2D eigenvalue weighted by Crippen LogP contribution is 2.10. The minimum Gasteiger partial charge on any atom is -0.351 e. The number of hydrogen-bond donors (Lipinski definition) is 2. The van der Waals surface area contributed by atoms with Gasteiger partial charge in [0.25, 0.3) is 0 Å². The Balaban J connectivity index is 1.87. The summed E-state index contributed by atoms with van der Waals surface area (Å²) in [6.45, 7) is 2.56. The van der Waals surface area contributed by atoms with Crippen LogP contribution in [0, 0.1) is 6.92 Å². The van der Waals surface area contributed by atoms with Crippen LogP contribution in [0.3, 0.4) is 0 Å². The van der Waals surface area contributed by atoms with Gasteiger partial charge in [-0.15, -0.1) is 11.8 Å². The van der Waals surface area contributed by atoms with Gasteiger partial charge in [-0.05, 0) is 6.92 Å². The van der Waals surface area contributed by atoms with Gasteiger partial charge < -0.3 is 5.32 Å². The quantitative estimate of drug-likeness (QED) is 0.781. The number of hydrogen-bond acceptors (Lipinski definition) is 4. The van der Waals surface area contributed by atoms with Crippen LogP contribution >= 0.6 is 11.8 Å². The van der Waals surface area contributed by atoms with Gasteiger partial charge in [0.05, 0.1) is 12.2 Å². The standard InChI is InChI=1S/C10H16N4OS/c1-7-8(4-13-14(7)2)3-11-10(15)9-5-16-6-12-9/h4,9,12H,3,5-6H2,1-2H3,(H,11,15). The normalized spacial score (nSPS) is 20.0. The van der Waals surface area contributed by atoms with Gasteiger partial charge in [0.2, 0.25) is 5.91 Å². The molecule has 1 aromatic rings. The lowest BCUT2D eigenvalue weighted by molar-refractivity contribution is -0.122. The number of nitrogens with one attached hydrogen (secondary N) is 2. The van der Waals surface area contributed by atoms with Crippen molar-refractivity contribution in [2.45, 2.75) is 19.5 Å². The third-order valence-electron chi connectivity index (χ3n) is 2.82. The molecule has 2 heterocycles. The fourth-order valence-electron chi connectivity index (χ4n) is 1.59. The van der Waals surface area contributed by atoms with Crippen molar-refractivity contribution >= 4 is 17.7 Å². The number of thioether (sulfide) groups is 1. The highest BCUT2D eigenvalue weighted by atomic mass is 32.2. The van der Waals surface area contributed by atoms with E-state index in [-0.39, 0.29) is 11.9 Å². The number of aromatic nitrogens is 2. The van der Waals surface area contributed by atoms with Crippen LogP contribution in [0.5, 0.6) is 0 Å². The fourth-order valence-corrected chi connectivity index (χ4v) is 2.53. The Morgan fingerprint density at radius 2 is 2.62 bits per heavy atom. The van der Waals surface area contributed by atoms with Gasteiger partial charge in [-0.2, -0.15) is 5.10 Å². The minimum atomic E-state index is -0.0398. The third-order valence-corrected chi connectivity index (χ3v) is 3.76. The molecule has 2 rings (SSSR count). The molecule has 16 heavy (non-hydrogen) atoms. The molecule has 1 aromatic heterocycles. The summed E-state index contributed by atoms with van der Waals surface area (Å²) < 4.78 is 1.81. The Kier molecular flexibility index (Phi) is 3.50. The van der Waals surface area contributed by atoms with Crippen LogP contribution in [0.15, 0.2) is 6.20 Å². The Bertz CT molecular complexity index is 384. The summed E-state index contributed by atoms with van der Waals surface area (Å²) in [6, 6.07) is -0.0398. The van der Waals surface area contributed by atoms with Crippen LogP contribution in [0.2, 0.25) is 0 Å². The molecule has 1 aliphatic heterocycles. The summed E-state index contributed by atoms with van der Waals surface area (Å²) in [5.41, 5.74) is 2.16. The molecule has 1 atom stereocenters. The first-order valence-electron chi connectivity index (χ1n) is 5.25. The van der Waals surface area contributed by atoms with E-state index in [4.69, 9.17) is 0 Å². The maximum Gasteiger partial charge on any atom is 0.238 e. The molecular formula is C10H16N4OS. The Morgan fingerprint density at radius 1 is 1.81 bits per heavy atom. The molecule has 1 saturated heterocycles. The first kappa shape index (κ1) is 11.5. The second-order valence-corrected chi connectivity index (χ2v) is 4.90. The van der Waals surface area contributed by atoms with Gasteiger partial charge in [0.15, 0.2) is 0 Å². The van der Waals surface area contributed by atoms with Crippen LogP contribution in [-0.4, -0.2) is 33.4 Å². The zero-order valence-electron chi connectivity index (χ0n) is 9.49. The molecule has 0 saturated carbocycles. The molecule has 0 bridgehead atoms.